The number of fused-ring (bicyclic) bond motifs is 1. The molecule has 4 aliphatic rings. The molecular weight excluding hydrogens is 298 g/mol. The van der Waals surface area contributed by atoms with Gasteiger partial charge in [0.05, 0.1) is 0 Å². The molecule has 4 fully saturated rings. The zero-order valence-corrected chi connectivity index (χ0v) is 13.6. The lowest BCUT2D eigenvalue weighted by atomic mass is 9.52. The van der Waals surface area contributed by atoms with Gasteiger partial charge in [0.1, 0.15) is 5.78 Å². The minimum Gasteiger partial charge on any atom is -0.347 e. The highest BCUT2D eigenvalue weighted by Crippen LogP contribution is 2.54. The Kier molecular flexibility index (Phi) is 2.91. The Morgan fingerprint density at radius 1 is 0.958 bits per heavy atom. The second-order valence-corrected chi connectivity index (χ2v) is 8.01. The molecule has 0 heterocycles. The highest BCUT2D eigenvalue weighted by Gasteiger charge is 2.55. The van der Waals surface area contributed by atoms with Crippen LogP contribution in [0.1, 0.15) is 42.5 Å². The summed E-state index contributed by atoms with van der Waals surface area (Å²) in [5.74, 6) is 1.46. The molecule has 24 heavy (non-hydrogen) atoms. The van der Waals surface area contributed by atoms with Crippen molar-refractivity contribution < 1.29 is 9.59 Å². The van der Waals surface area contributed by atoms with Crippen molar-refractivity contribution in [3.63, 3.8) is 0 Å². The Labute approximate surface area is 141 Å². The number of hydrogen-bond donors (Lipinski definition) is 1. The van der Waals surface area contributed by atoms with Crippen LogP contribution in [0.15, 0.2) is 42.5 Å². The minimum atomic E-state index is -0.154. The predicted octanol–water partition coefficient (Wildman–Crippen LogP) is 3.72. The van der Waals surface area contributed by atoms with Crippen molar-refractivity contribution in [1.82, 2.24) is 5.32 Å². The Balaban J connectivity index is 1.47. The van der Waals surface area contributed by atoms with Crippen LogP contribution in [0.2, 0.25) is 0 Å². The van der Waals surface area contributed by atoms with Crippen molar-refractivity contribution in [2.24, 2.45) is 17.8 Å². The van der Waals surface area contributed by atoms with E-state index in [2.05, 4.69) is 5.32 Å². The van der Waals surface area contributed by atoms with Gasteiger partial charge in [-0.15, -0.1) is 0 Å². The molecule has 3 heteroatoms. The maximum Gasteiger partial charge on any atom is 0.252 e. The molecule has 4 aliphatic carbocycles. The van der Waals surface area contributed by atoms with Crippen molar-refractivity contribution in [1.29, 1.82) is 0 Å². The van der Waals surface area contributed by atoms with E-state index in [-0.39, 0.29) is 23.3 Å². The van der Waals surface area contributed by atoms with E-state index in [0.717, 1.165) is 48.4 Å². The van der Waals surface area contributed by atoms with Crippen LogP contribution >= 0.6 is 0 Å². The summed E-state index contributed by atoms with van der Waals surface area (Å²) in [6, 6.07) is 13.9. The number of carbonyl (C=O) groups is 2. The maximum atomic E-state index is 13.0. The second-order valence-electron chi connectivity index (χ2n) is 8.01. The summed E-state index contributed by atoms with van der Waals surface area (Å²) in [6.07, 6.45) is 4.82. The van der Waals surface area contributed by atoms with Gasteiger partial charge < -0.3 is 5.32 Å². The van der Waals surface area contributed by atoms with E-state index in [1.807, 2.05) is 42.5 Å². The molecule has 6 rings (SSSR count). The highest BCUT2D eigenvalue weighted by molar-refractivity contribution is 6.07. The highest BCUT2D eigenvalue weighted by atomic mass is 16.2. The van der Waals surface area contributed by atoms with Crippen LogP contribution in [-0.4, -0.2) is 17.2 Å². The summed E-state index contributed by atoms with van der Waals surface area (Å²) in [5, 5.41) is 5.45. The molecule has 3 nitrogen and oxygen atoms in total. The quantitative estimate of drug-likeness (QED) is 0.917. The summed E-state index contributed by atoms with van der Waals surface area (Å²) in [4.78, 5) is 25.4. The molecule has 0 spiro atoms. The van der Waals surface area contributed by atoms with Crippen LogP contribution in [0, 0.1) is 17.8 Å². The van der Waals surface area contributed by atoms with Crippen molar-refractivity contribution in [3.8, 4) is 0 Å². The van der Waals surface area contributed by atoms with Gasteiger partial charge in [0, 0.05) is 22.9 Å². The third-order valence-electron chi connectivity index (χ3n) is 6.41. The smallest absolute Gasteiger partial charge is 0.252 e. The maximum absolute atomic E-state index is 13.0. The topological polar surface area (TPSA) is 46.2 Å². The first-order valence-corrected chi connectivity index (χ1v) is 8.98. The molecule has 2 aromatic carbocycles. The molecule has 2 unspecified atom stereocenters. The SMILES string of the molecule is O=C(NC12CC3CC(C1)C(=O)C(C3)C2)c1cccc2ccccc12. The second kappa shape index (κ2) is 4.92. The van der Waals surface area contributed by atoms with Crippen molar-refractivity contribution in [3.05, 3.63) is 48.0 Å². The normalized spacial score (nSPS) is 33.8. The van der Waals surface area contributed by atoms with Crippen LogP contribution < -0.4 is 5.32 Å². The third-order valence-corrected chi connectivity index (χ3v) is 6.41. The molecule has 122 valence electrons. The van der Waals surface area contributed by atoms with Gasteiger partial charge in [0.15, 0.2) is 0 Å². The van der Waals surface area contributed by atoms with E-state index in [9.17, 15) is 9.59 Å². The molecular formula is C21H21NO2. The summed E-state index contributed by atoms with van der Waals surface area (Å²) in [5.41, 5.74) is 0.591. The lowest BCUT2D eigenvalue weighted by Gasteiger charge is -2.55. The number of Topliss-reactive ketones (excluding diaryl/α,β-unsaturated/α-hetero) is 1. The van der Waals surface area contributed by atoms with Crippen molar-refractivity contribution in [2.45, 2.75) is 37.6 Å². The average molecular weight is 319 g/mol. The van der Waals surface area contributed by atoms with Crippen LogP contribution in [0.5, 0.6) is 0 Å². The Bertz CT molecular complexity index is 833. The van der Waals surface area contributed by atoms with Gasteiger partial charge in [0.2, 0.25) is 0 Å². The lowest BCUT2D eigenvalue weighted by molar-refractivity contribution is -0.142. The fraction of sp³-hybridized carbons (Fsp3) is 0.429. The van der Waals surface area contributed by atoms with Gasteiger partial charge in [-0.3, -0.25) is 9.59 Å². The van der Waals surface area contributed by atoms with Gasteiger partial charge in [0.25, 0.3) is 5.91 Å². The molecule has 4 saturated carbocycles. The molecule has 1 N–H and O–H groups in total. The summed E-state index contributed by atoms with van der Waals surface area (Å²) < 4.78 is 0. The molecule has 0 radical (unpaired) electrons. The molecule has 1 amide bonds. The van der Waals surface area contributed by atoms with E-state index in [1.54, 1.807) is 0 Å². The summed E-state index contributed by atoms with van der Waals surface area (Å²) >= 11 is 0. The first-order chi connectivity index (χ1) is 11.6. The van der Waals surface area contributed by atoms with Crippen LogP contribution in [0.3, 0.4) is 0 Å². The largest absolute Gasteiger partial charge is 0.347 e. The Hall–Kier alpha value is -2.16. The van der Waals surface area contributed by atoms with E-state index in [0.29, 0.717) is 11.7 Å². The number of hydrogen-bond acceptors (Lipinski definition) is 2. The van der Waals surface area contributed by atoms with E-state index in [4.69, 9.17) is 0 Å². The zero-order chi connectivity index (χ0) is 16.3. The zero-order valence-electron chi connectivity index (χ0n) is 13.6. The number of amides is 1. The van der Waals surface area contributed by atoms with Gasteiger partial charge in [-0.2, -0.15) is 0 Å². The lowest BCUT2D eigenvalue weighted by Crippen LogP contribution is -2.62. The Morgan fingerprint density at radius 3 is 2.46 bits per heavy atom. The van der Waals surface area contributed by atoms with Crippen LogP contribution in [0.4, 0.5) is 0 Å². The first-order valence-electron chi connectivity index (χ1n) is 8.98. The van der Waals surface area contributed by atoms with E-state index in [1.165, 1.54) is 0 Å². The number of benzene rings is 2. The Morgan fingerprint density at radius 2 is 1.67 bits per heavy atom. The van der Waals surface area contributed by atoms with Crippen molar-refractivity contribution >= 4 is 22.5 Å². The molecule has 0 saturated heterocycles. The molecule has 2 atom stereocenters. The van der Waals surface area contributed by atoms with E-state index < -0.39 is 0 Å². The van der Waals surface area contributed by atoms with Crippen LogP contribution in [0.25, 0.3) is 10.8 Å². The van der Waals surface area contributed by atoms with Crippen LogP contribution in [-0.2, 0) is 4.79 Å². The predicted molar refractivity (Wildman–Crippen MR) is 92.7 cm³/mol. The number of carbonyl (C=O) groups excluding carboxylic acids is 2. The van der Waals surface area contributed by atoms with Gasteiger partial charge in [-0.05, 0) is 54.9 Å². The van der Waals surface area contributed by atoms with Gasteiger partial charge in [-0.25, -0.2) is 0 Å². The molecule has 4 bridgehead atoms. The molecule has 2 aromatic rings. The monoisotopic (exact) mass is 319 g/mol. The number of rotatable bonds is 2. The fourth-order valence-corrected chi connectivity index (χ4v) is 5.63. The fourth-order valence-electron chi connectivity index (χ4n) is 5.63. The third kappa shape index (κ3) is 2.03. The van der Waals surface area contributed by atoms with Crippen molar-refractivity contribution in [2.75, 3.05) is 0 Å². The summed E-state index contributed by atoms with van der Waals surface area (Å²) in [6.45, 7) is 0. The molecule has 0 aliphatic heterocycles. The van der Waals surface area contributed by atoms with Gasteiger partial charge >= 0.3 is 0 Å². The summed E-state index contributed by atoms with van der Waals surface area (Å²) in [7, 11) is 0. The molecule has 0 aromatic heterocycles. The van der Waals surface area contributed by atoms with E-state index >= 15 is 0 Å². The first kappa shape index (κ1) is 14.2. The number of ketones is 1. The average Bonchev–Trinajstić information content (AvgIpc) is 2.58. The van der Waals surface area contributed by atoms with Gasteiger partial charge in [-0.1, -0.05) is 36.4 Å². The minimum absolute atomic E-state index is 0.0150. The standard InChI is InChI=1S/C21H21NO2/c23-19-15-8-13-9-16(19)12-21(10-13,11-15)22-20(24)18-7-3-5-14-4-1-2-6-17(14)18/h1-7,13,15-16H,8-12H2,(H,22,24). The number of nitrogens with one attached hydrogen (secondary N) is 1.